The molecule has 0 aromatic heterocycles. The fourth-order valence-electron chi connectivity index (χ4n) is 3.14. The molecule has 3 amide bonds. The van der Waals surface area contributed by atoms with E-state index < -0.39 is 0 Å². The van der Waals surface area contributed by atoms with E-state index in [2.05, 4.69) is 5.32 Å². The molecule has 2 atom stereocenters. The second-order valence-electron chi connectivity index (χ2n) is 6.77. The Kier molecular flexibility index (Phi) is 6.64. The minimum atomic E-state index is -0.330. The Balaban J connectivity index is 1.65. The molecule has 8 heteroatoms. The maximum Gasteiger partial charge on any atom is 0.321 e. The Bertz CT molecular complexity index is 895. The molecule has 0 bridgehead atoms. The van der Waals surface area contributed by atoms with Gasteiger partial charge in [0.2, 0.25) is 5.91 Å². The molecule has 0 radical (unpaired) electrons. The summed E-state index contributed by atoms with van der Waals surface area (Å²) in [4.78, 5) is 28.4. The number of halogens is 1. The van der Waals surface area contributed by atoms with E-state index in [1.807, 2.05) is 25.1 Å². The average molecular weight is 418 g/mol. The van der Waals surface area contributed by atoms with Gasteiger partial charge in [0.1, 0.15) is 16.9 Å². The Morgan fingerprint density at radius 1 is 1.28 bits per heavy atom. The number of carbonyl (C=O) groups is 2. The van der Waals surface area contributed by atoms with Crippen molar-refractivity contribution in [3.63, 3.8) is 0 Å². The Morgan fingerprint density at radius 3 is 2.76 bits per heavy atom. The van der Waals surface area contributed by atoms with Gasteiger partial charge in [-0.3, -0.25) is 4.79 Å². The van der Waals surface area contributed by atoms with Crippen LogP contribution in [0.4, 0.5) is 14.9 Å². The van der Waals surface area contributed by atoms with Crippen LogP contribution >= 0.6 is 11.8 Å². The molecule has 3 rings (SSSR count). The number of nitrogens with one attached hydrogen (secondary N) is 1. The van der Waals surface area contributed by atoms with E-state index in [4.69, 9.17) is 4.74 Å². The zero-order chi connectivity index (χ0) is 21.0. The van der Waals surface area contributed by atoms with Crippen LogP contribution in [0.3, 0.4) is 0 Å². The van der Waals surface area contributed by atoms with Gasteiger partial charge in [0.15, 0.2) is 0 Å². The number of anilines is 1. The van der Waals surface area contributed by atoms with Crippen molar-refractivity contribution in [2.75, 3.05) is 32.6 Å². The number of thioether (sulfide) groups is 1. The van der Waals surface area contributed by atoms with Crippen molar-refractivity contribution >= 4 is 29.4 Å². The third kappa shape index (κ3) is 4.82. The van der Waals surface area contributed by atoms with E-state index in [1.165, 1.54) is 28.8 Å². The molecule has 154 valence electrons. The predicted molar refractivity (Wildman–Crippen MR) is 113 cm³/mol. The zero-order valence-corrected chi connectivity index (χ0v) is 17.4. The summed E-state index contributed by atoms with van der Waals surface area (Å²) in [5.74, 6) is 0.228. The molecule has 6 nitrogen and oxygen atoms in total. The Morgan fingerprint density at radius 2 is 2.03 bits per heavy atom. The van der Waals surface area contributed by atoms with E-state index in [9.17, 15) is 14.0 Å². The van der Waals surface area contributed by atoms with Crippen molar-refractivity contribution < 1.29 is 18.7 Å². The maximum absolute atomic E-state index is 13.6. The molecule has 0 unspecified atom stereocenters. The number of para-hydroxylation sites is 2. The summed E-state index contributed by atoms with van der Waals surface area (Å²) in [7, 11) is 3.21. The number of hydrogen-bond acceptors (Lipinski definition) is 4. The lowest BCUT2D eigenvalue weighted by Gasteiger charge is -2.27. The van der Waals surface area contributed by atoms with Gasteiger partial charge in [-0.2, -0.15) is 0 Å². The van der Waals surface area contributed by atoms with Crippen LogP contribution in [0.2, 0.25) is 0 Å². The molecular formula is C21H24FN3O3S. The van der Waals surface area contributed by atoms with Gasteiger partial charge in [0.25, 0.3) is 0 Å². The third-order valence-corrected chi connectivity index (χ3v) is 6.15. The van der Waals surface area contributed by atoms with Crippen molar-refractivity contribution in [3.8, 4) is 5.75 Å². The lowest BCUT2D eigenvalue weighted by molar-refractivity contribution is -0.129. The molecule has 2 aromatic rings. The number of nitrogens with zero attached hydrogens (tertiary/aromatic N) is 2. The van der Waals surface area contributed by atoms with E-state index in [1.54, 1.807) is 37.3 Å². The first-order valence-corrected chi connectivity index (χ1v) is 10.2. The molecule has 0 aliphatic carbocycles. The molecule has 1 heterocycles. The topological polar surface area (TPSA) is 61.9 Å². The maximum atomic E-state index is 13.6. The number of carbonyl (C=O) groups excluding carboxylic acids is 2. The van der Waals surface area contributed by atoms with Gasteiger partial charge in [-0.25, -0.2) is 9.18 Å². The minimum absolute atomic E-state index is 0.0113. The average Bonchev–Trinajstić information content (AvgIpc) is 3.00. The highest BCUT2D eigenvalue weighted by Crippen LogP contribution is 2.42. The molecule has 1 saturated heterocycles. The summed E-state index contributed by atoms with van der Waals surface area (Å²) in [6.45, 7) is 2.54. The number of benzene rings is 2. The minimum Gasteiger partial charge on any atom is -0.495 e. The highest BCUT2D eigenvalue weighted by atomic mass is 32.2. The number of methoxy groups -OCH3 is 1. The summed E-state index contributed by atoms with van der Waals surface area (Å²) in [5.41, 5.74) is 1.32. The second kappa shape index (κ2) is 9.17. The molecular weight excluding hydrogens is 393 g/mol. The van der Waals surface area contributed by atoms with Gasteiger partial charge in [0, 0.05) is 20.1 Å². The van der Waals surface area contributed by atoms with E-state index in [-0.39, 0.29) is 28.4 Å². The Labute approximate surface area is 174 Å². The van der Waals surface area contributed by atoms with Crippen molar-refractivity contribution in [2.45, 2.75) is 17.5 Å². The van der Waals surface area contributed by atoms with Gasteiger partial charge in [-0.05, 0) is 36.8 Å². The van der Waals surface area contributed by atoms with Crippen LogP contribution in [0, 0.1) is 5.82 Å². The summed E-state index contributed by atoms with van der Waals surface area (Å²) in [6, 6.07) is 13.1. The number of likely N-dealkylation sites (N-methyl/N-ethyl adjacent to an activating group) is 1. The lowest BCUT2D eigenvalue weighted by Crippen LogP contribution is -2.40. The first-order chi connectivity index (χ1) is 13.9. The molecule has 1 aliphatic heterocycles. The normalized spacial score (nSPS) is 18.6. The molecule has 2 aromatic carbocycles. The van der Waals surface area contributed by atoms with Crippen LogP contribution in [-0.2, 0) is 4.79 Å². The summed E-state index contributed by atoms with van der Waals surface area (Å²) in [5, 5.41) is 2.33. The highest BCUT2D eigenvalue weighted by molar-refractivity contribution is 8.01. The summed E-state index contributed by atoms with van der Waals surface area (Å²) >= 11 is 1.49. The standard InChI is InChI=1S/C21H24FN3O3S/c1-14-19(26)25(20(29-14)15-7-6-8-16(22)13-15)12-11-24(2)21(27)23-17-9-4-5-10-18(17)28-3/h4-10,13-14,20H,11-12H2,1-3H3,(H,23,27)/t14-,20-/m1/s1. The van der Waals surface area contributed by atoms with Crippen molar-refractivity contribution in [2.24, 2.45) is 0 Å². The molecule has 1 N–H and O–H groups in total. The SMILES string of the molecule is COc1ccccc1NC(=O)N(C)CCN1C(=O)[C@@H](C)S[C@@H]1c1cccc(F)c1. The van der Waals surface area contributed by atoms with Crippen molar-refractivity contribution in [3.05, 3.63) is 59.9 Å². The highest BCUT2D eigenvalue weighted by Gasteiger charge is 2.38. The number of ether oxygens (including phenoxy) is 1. The fraction of sp³-hybridized carbons (Fsp3) is 0.333. The summed E-state index contributed by atoms with van der Waals surface area (Å²) in [6.07, 6.45) is 0. The second-order valence-corrected chi connectivity index (χ2v) is 8.20. The van der Waals surface area contributed by atoms with Crippen molar-refractivity contribution in [1.29, 1.82) is 0 Å². The number of hydrogen-bond donors (Lipinski definition) is 1. The van der Waals surface area contributed by atoms with Gasteiger partial charge in [0.05, 0.1) is 18.0 Å². The number of amides is 3. The number of rotatable bonds is 6. The monoisotopic (exact) mass is 417 g/mol. The first kappa shape index (κ1) is 21.0. The fourth-order valence-corrected chi connectivity index (χ4v) is 4.44. The quantitative estimate of drug-likeness (QED) is 0.773. The molecule has 1 aliphatic rings. The van der Waals surface area contributed by atoms with Gasteiger partial charge < -0.3 is 19.9 Å². The van der Waals surface area contributed by atoms with Crippen molar-refractivity contribution in [1.82, 2.24) is 9.80 Å². The summed E-state index contributed by atoms with van der Waals surface area (Å²) < 4.78 is 18.9. The lowest BCUT2D eigenvalue weighted by atomic mass is 10.2. The number of urea groups is 1. The smallest absolute Gasteiger partial charge is 0.321 e. The molecule has 0 spiro atoms. The van der Waals surface area contributed by atoms with Gasteiger partial charge >= 0.3 is 6.03 Å². The predicted octanol–water partition coefficient (Wildman–Crippen LogP) is 3.96. The molecule has 0 saturated carbocycles. The van der Waals surface area contributed by atoms with Gasteiger partial charge in [-0.15, -0.1) is 11.8 Å². The molecule has 1 fully saturated rings. The van der Waals surface area contributed by atoms with Crippen LogP contribution in [0.5, 0.6) is 5.75 Å². The van der Waals surface area contributed by atoms with Crippen LogP contribution in [0.1, 0.15) is 17.9 Å². The van der Waals surface area contributed by atoms with E-state index in [0.717, 1.165) is 5.56 Å². The zero-order valence-electron chi connectivity index (χ0n) is 16.6. The van der Waals surface area contributed by atoms with E-state index >= 15 is 0 Å². The van der Waals surface area contributed by atoms with Gasteiger partial charge in [-0.1, -0.05) is 24.3 Å². The van der Waals surface area contributed by atoms with E-state index in [0.29, 0.717) is 24.5 Å². The largest absolute Gasteiger partial charge is 0.495 e. The van der Waals surface area contributed by atoms with Crippen LogP contribution in [0.25, 0.3) is 0 Å². The first-order valence-electron chi connectivity index (χ1n) is 9.27. The van der Waals surface area contributed by atoms with Crippen LogP contribution < -0.4 is 10.1 Å². The van der Waals surface area contributed by atoms with Crippen LogP contribution in [0.15, 0.2) is 48.5 Å². The third-order valence-electron chi connectivity index (χ3n) is 4.75. The Hall–Kier alpha value is -2.74. The van der Waals surface area contributed by atoms with Crippen LogP contribution in [-0.4, -0.2) is 54.2 Å². The molecule has 29 heavy (non-hydrogen) atoms.